The summed E-state index contributed by atoms with van der Waals surface area (Å²) in [6.07, 6.45) is 0. The minimum Gasteiger partial charge on any atom is -0.277 e. The second kappa shape index (κ2) is 8.45. The Morgan fingerprint density at radius 2 is 1.78 bits per heavy atom. The van der Waals surface area contributed by atoms with Crippen LogP contribution in [0.5, 0.6) is 0 Å². The third-order valence-electron chi connectivity index (χ3n) is 2.77. The van der Waals surface area contributed by atoms with Gasteiger partial charge in [0.2, 0.25) is 5.71 Å². The monoisotopic (exact) mass is 360 g/mol. The van der Waals surface area contributed by atoms with E-state index in [1.807, 2.05) is 36.4 Å². The van der Waals surface area contributed by atoms with Gasteiger partial charge in [-0.1, -0.05) is 29.3 Å². The smallest absolute Gasteiger partial charge is 0.237 e. The molecule has 0 aliphatic rings. The molecular formula is C16H10Cl2N4S. The summed E-state index contributed by atoms with van der Waals surface area (Å²) in [5.74, 6) is 0.730. The lowest BCUT2D eigenvalue weighted by molar-refractivity contribution is 1.31. The van der Waals surface area contributed by atoms with Crippen LogP contribution in [0.2, 0.25) is 10.0 Å². The minimum absolute atomic E-state index is 0.221. The predicted octanol–water partition coefficient (Wildman–Crippen LogP) is 5.10. The maximum Gasteiger partial charge on any atom is 0.237 e. The van der Waals surface area contributed by atoms with Gasteiger partial charge in [-0.05, 0) is 42.0 Å². The van der Waals surface area contributed by atoms with Crippen molar-refractivity contribution in [3.8, 4) is 12.1 Å². The summed E-state index contributed by atoms with van der Waals surface area (Å²) < 4.78 is 0. The molecular weight excluding hydrogens is 351 g/mol. The van der Waals surface area contributed by atoms with E-state index in [9.17, 15) is 0 Å². The molecule has 1 N–H and O–H groups in total. The maximum absolute atomic E-state index is 8.60. The molecule has 23 heavy (non-hydrogen) atoms. The van der Waals surface area contributed by atoms with Gasteiger partial charge >= 0.3 is 0 Å². The van der Waals surface area contributed by atoms with Crippen molar-refractivity contribution < 1.29 is 0 Å². The number of nitrogens with zero attached hydrogens (tertiary/aromatic N) is 3. The number of thioether (sulfide) groups is 1. The predicted molar refractivity (Wildman–Crippen MR) is 94.7 cm³/mol. The molecule has 0 saturated carbocycles. The normalized spacial score (nSPS) is 9.57. The quantitative estimate of drug-likeness (QED) is 0.457. The first kappa shape index (κ1) is 17.2. The van der Waals surface area contributed by atoms with Crippen molar-refractivity contribution in [1.82, 2.24) is 0 Å². The van der Waals surface area contributed by atoms with E-state index >= 15 is 0 Å². The van der Waals surface area contributed by atoms with Crippen LogP contribution in [0.3, 0.4) is 0 Å². The zero-order chi connectivity index (χ0) is 16.7. The summed E-state index contributed by atoms with van der Waals surface area (Å²) in [4.78, 5) is 1.06. The third kappa shape index (κ3) is 5.19. The van der Waals surface area contributed by atoms with Crippen molar-refractivity contribution in [2.24, 2.45) is 5.10 Å². The number of hydrogen-bond donors (Lipinski definition) is 1. The highest BCUT2D eigenvalue weighted by Crippen LogP contribution is 2.29. The molecule has 0 saturated heterocycles. The molecule has 7 heteroatoms. The fraction of sp³-hybridized carbons (Fsp3) is 0.0625. The zero-order valence-corrected chi connectivity index (χ0v) is 14.1. The van der Waals surface area contributed by atoms with Crippen molar-refractivity contribution in [3.05, 3.63) is 58.1 Å². The van der Waals surface area contributed by atoms with E-state index in [4.69, 9.17) is 33.7 Å². The standard InChI is InChI=1S/C16H10Cl2N4S/c17-12-2-1-11(16(18)7-12)10-23-15-5-3-13(4-6-15)21-22-14(8-19)9-20/h1-7,21H,10H2. The van der Waals surface area contributed by atoms with Gasteiger partial charge in [-0.15, -0.1) is 11.8 Å². The molecule has 0 atom stereocenters. The molecule has 2 aromatic carbocycles. The number of rotatable bonds is 5. The topological polar surface area (TPSA) is 72.0 Å². The van der Waals surface area contributed by atoms with Gasteiger partial charge in [0.05, 0.1) is 5.69 Å². The van der Waals surface area contributed by atoms with Crippen LogP contribution in [0.4, 0.5) is 5.69 Å². The van der Waals surface area contributed by atoms with Crippen LogP contribution in [0.1, 0.15) is 5.56 Å². The van der Waals surface area contributed by atoms with E-state index in [1.54, 1.807) is 30.0 Å². The Morgan fingerprint density at radius 1 is 1.09 bits per heavy atom. The molecule has 2 rings (SSSR count). The molecule has 0 fully saturated rings. The maximum atomic E-state index is 8.60. The number of halogens is 2. The van der Waals surface area contributed by atoms with Gasteiger partial charge in [0.15, 0.2) is 0 Å². The molecule has 0 spiro atoms. The van der Waals surface area contributed by atoms with Crippen molar-refractivity contribution in [2.45, 2.75) is 10.6 Å². The molecule has 2 aromatic rings. The largest absolute Gasteiger partial charge is 0.277 e. The van der Waals surface area contributed by atoms with Crippen molar-refractivity contribution in [3.63, 3.8) is 0 Å². The lowest BCUT2D eigenvalue weighted by Crippen LogP contribution is -1.96. The Hall–Kier alpha value is -2.18. The molecule has 4 nitrogen and oxygen atoms in total. The number of nitriles is 2. The van der Waals surface area contributed by atoms with Gasteiger partial charge in [-0.3, -0.25) is 5.43 Å². The van der Waals surface area contributed by atoms with Gasteiger partial charge < -0.3 is 0 Å². The van der Waals surface area contributed by atoms with Crippen LogP contribution in [-0.4, -0.2) is 5.71 Å². The summed E-state index contributed by atoms with van der Waals surface area (Å²) >= 11 is 13.7. The molecule has 0 amide bonds. The van der Waals surface area contributed by atoms with Gasteiger partial charge in [0, 0.05) is 20.7 Å². The summed E-state index contributed by atoms with van der Waals surface area (Å²) in [5, 5.41) is 22.2. The van der Waals surface area contributed by atoms with Gasteiger partial charge in [0.1, 0.15) is 12.1 Å². The van der Waals surface area contributed by atoms with Crippen molar-refractivity contribution in [1.29, 1.82) is 10.5 Å². The van der Waals surface area contributed by atoms with Crippen LogP contribution >= 0.6 is 35.0 Å². The fourth-order valence-corrected chi connectivity index (χ4v) is 3.08. The minimum atomic E-state index is -0.221. The summed E-state index contributed by atoms with van der Waals surface area (Å²) in [6, 6.07) is 16.3. The molecule has 0 heterocycles. The molecule has 0 aliphatic heterocycles. The molecule has 0 unspecified atom stereocenters. The SMILES string of the molecule is N#CC(C#N)=NNc1ccc(SCc2ccc(Cl)cc2Cl)cc1. The lowest BCUT2D eigenvalue weighted by Gasteiger charge is -2.06. The fourth-order valence-electron chi connectivity index (χ4n) is 1.62. The summed E-state index contributed by atoms with van der Waals surface area (Å²) in [6.45, 7) is 0. The number of anilines is 1. The Kier molecular flexibility index (Phi) is 6.31. The van der Waals surface area contributed by atoms with Crippen LogP contribution in [-0.2, 0) is 5.75 Å². The Balaban J connectivity index is 1.97. The van der Waals surface area contributed by atoms with Gasteiger partial charge in [0.25, 0.3) is 0 Å². The lowest BCUT2D eigenvalue weighted by atomic mass is 10.2. The highest BCUT2D eigenvalue weighted by Gasteiger charge is 2.03. The Bertz CT molecular complexity index is 788. The molecule has 114 valence electrons. The van der Waals surface area contributed by atoms with Gasteiger partial charge in [-0.2, -0.15) is 15.6 Å². The van der Waals surface area contributed by atoms with E-state index < -0.39 is 0 Å². The molecule has 0 aromatic heterocycles. The first-order valence-electron chi connectivity index (χ1n) is 6.43. The first-order chi connectivity index (χ1) is 11.1. The number of hydrazone groups is 1. The number of nitrogens with one attached hydrogen (secondary N) is 1. The Labute approximate surface area is 148 Å². The van der Waals surface area contributed by atoms with Crippen LogP contribution < -0.4 is 5.43 Å². The third-order valence-corrected chi connectivity index (χ3v) is 4.42. The highest BCUT2D eigenvalue weighted by atomic mass is 35.5. The summed E-state index contributed by atoms with van der Waals surface area (Å²) in [5.41, 5.74) is 4.15. The van der Waals surface area contributed by atoms with Crippen LogP contribution in [0.15, 0.2) is 52.5 Å². The van der Waals surface area contributed by atoms with E-state index in [-0.39, 0.29) is 5.71 Å². The van der Waals surface area contributed by atoms with E-state index in [2.05, 4.69) is 10.5 Å². The second-order valence-electron chi connectivity index (χ2n) is 4.34. The van der Waals surface area contributed by atoms with Gasteiger partial charge in [-0.25, -0.2) is 0 Å². The van der Waals surface area contributed by atoms with E-state index in [0.717, 1.165) is 16.2 Å². The second-order valence-corrected chi connectivity index (χ2v) is 6.24. The Morgan fingerprint density at radius 3 is 2.39 bits per heavy atom. The van der Waals surface area contributed by atoms with Crippen LogP contribution in [0.25, 0.3) is 0 Å². The number of hydrogen-bond acceptors (Lipinski definition) is 5. The first-order valence-corrected chi connectivity index (χ1v) is 8.17. The summed E-state index contributed by atoms with van der Waals surface area (Å²) in [7, 11) is 0. The molecule has 0 radical (unpaired) electrons. The zero-order valence-electron chi connectivity index (χ0n) is 11.8. The van der Waals surface area contributed by atoms with Crippen molar-refractivity contribution >= 4 is 46.4 Å². The van der Waals surface area contributed by atoms with Crippen LogP contribution in [0, 0.1) is 22.7 Å². The van der Waals surface area contributed by atoms with Crippen molar-refractivity contribution in [2.75, 3.05) is 5.43 Å². The van der Waals surface area contributed by atoms with E-state index in [1.165, 1.54) is 0 Å². The number of benzene rings is 2. The average molecular weight is 361 g/mol. The highest BCUT2D eigenvalue weighted by molar-refractivity contribution is 7.98. The molecule has 0 bridgehead atoms. The van der Waals surface area contributed by atoms with E-state index in [0.29, 0.717) is 15.7 Å². The average Bonchev–Trinajstić information content (AvgIpc) is 2.56. The molecule has 0 aliphatic carbocycles.